The number of hydrogen-bond acceptors (Lipinski definition) is 5. The summed E-state index contributed by atoms with van der Waals surface area (Å²) in [6, 6.07) is 12.3. The largest absolute Gasteiger partial charge is 0.488 e. The third kappa shape index (κ3) is 8.35. The van der Waals surface area contributed by atoms with Crippen LogP contribution in [0.25, 0.3) is 10.8 Å². The van der Waals surface area contributed by atoms with Crippen LogP contribution >= 0.6 is 0 Å². The summed E-state index contributed by atoms with van der Waals surface area (Å²) in [7, 11) is 1.74. The summed E-state index contributed by atoms with van der Waals surface area (Å²) in [6.45, 7) is 18.1. The highest BCUT2D eigenvalue weighted by Gasteiger charge is 2.28. The molecule has 0 aliphatic rings. The van der Waals surface area contributed by atoms with Crippen LogP contribution in [0.1, 0.15) is 67.7 Å². The minimum atomic E-state index is -0.433. The van der Waals surface area contributed by atoms with E-state index in [1.54, 1.807) is 14.0 Å². The maximum atomic E-state index is 11.6. The first kappa shape index (κ1) is 27.7. The Labute approximate surface area is 205 Å². The predicted molar refractivity (Wildman–Crippen MR) is 139 cm³/mol. The number of rotatable bonds is 13. The summed E-state index contributed by atoms with van der Waals surface area (Å²) in [6.07, 6.45) is 2.75. The minimum Gasteiger partial charge on any atom is -0.488 e. The third-order valence-electron chi connectivity index (χ3n) is 6.43. The van der Waals surface area contributed by atoms with E-state index in [2.05, 4.69) is 72.4 Å². The van der Waals surface area contributed by atoms with Crippen LogP contribution in [0.5, 0.6) is 11.5 Å². The first-order valence-electron chi connectivity index (χ1n) is 12.1. The van der Waals surface area contributed by atoms with Crippen LogP contribution in [-0.4, -0.2) is 37.0 Å². The van der Waals surface area contributed by atoms with E-state index in [4.69, 9.17) is 18.9 Å². The summed E-state index contributed by atoms with van der Waals surface area (Å²) < 4.78 is 23.3. The molecule has 5 nitrogen and oxygen atoms in total. The Hall–Kier alpha value is -2.53. The van der Waals surface area contributed by atoms with Gasteiger partial charge in [-0.15, -0.1) is 0 Å². The van der Waals surface area contributed by atoms with Gasteiger partial charge in [-0.3, -0.25) is 0 Å². The lowest BCUT2D eigenvalue weighted by Gasteiger charge is -2.33. The lowest BCUT2D eigenvalue weighted by Crippen LogP contribution is -2.36. The molecule has 34 heavy (non-hydrogen) atoms. The second kappa shape index (κ2) is 11.7. The minimum absolute atomic E-state index is 0.172. The van der Waals surface area contributed by atoms with Crippen molar-refractivity contribution in [2.45, 2.75) is 85.0 Å². The van der Waals surface area contributed by atoms with Gasteiger partial charge in [-0.2, -0.15) is 0 Å². The van der Waals surface area contributed by atoms with E-state index in [1.165, 1.54) is 0 Å². The van der Waals surface area contributed by atoms with Gasteiger partial charge in [0.25, 0.3) is 0 Å². The highest BCUT2D eigenvalue weighted by atomic mass is 16.5. The van der Waals surface area contributed by atoms with Crippen molar-refractivity contribution in [1.82, 2.24) is 0 Å². The molecule has 0 radical (unpaired) electrons. The fraction of sp³-hybridized carbons (Fsp3) is 0.552. The van der Waals surface area contributed by atoms with Gasteiger partial charge >= 0.3 is 5.97 Å². The van der Waals surface area contributed by atoms with Crippen LogP contribution in [0.3, 0.4) is 0 Å². The molecule has 0 saturated heterocycles. The topological polar surface area (TPSA) is 54.0 Å². The smallest absolute Gasteiger partial charge is 0.333 e. The molecule has 0 aliphatic carbocycles. The Balaban J connectivity index is 2.06. The summed E-state index contributed by atoms with van der Waals surface area (Å²) in [5, 5.41) is 2.19. The molecule has 0 saturated carbocycles. The van der Waals surface area contributed by atoms with Gasteiger partial charge in [-0.25, -0.2) is 4.79 Å². The number of ether oxygens (including phenoxy) is 4. The van der Waals surface area contributed by atoms with Gasteiger partial charge in [0, 0.05) is 12.7 Å². The molecule has 0 N–H and O–H groups in total. The number of esters is 1. The molecule has 0 fully saturated rings. The van der Waals surface area contributed by atoms with Crippen LogP contribution in [0.2, 0.25) is 0 Å². The standard InChI is InChI=1S/C29H42O5/c1-20(2)27(30)32-17-15-21(3)29(7,8)34-26-13-11-23-10-12-25(18-24(23)19-26)33-28(5,6)16-14-22(4)31-9/h10-13,18-19,21-22H,1,14-17H2,2-9H3. The van der Waals surface area contributed by atoms with E-state index >= 15 is 0 Å². The Kier molecular flexibility index (Phi) is 9.57. The SMILES string of the molecule is C=C(C)C(=O)OCCC(C)C(C)(C)Oc1ccc2ccc(OC(C)(C)CCC(C)OC)cc2c1. The highest BCUT2D eigenvalue weighted by Crippen LogP contribution is 2.32. The van der Waals surface area contributed by atoms with Crippen molar-refractivity contribution in [3.8, 4) is 11.5 Å². The molecule has 0 bridgehead atoms. The van der Waals surface area contributed by atoms with Crippen molar-refractivity contribution in [3.05, 3.63) is 48.6 Å². The van der Waals surface area contributed by atoms with Gasteiger partial charge in [-0.1, -0.05) is 25.6 Å². The van der Waals surface area contributed by atoms with Crippen molar-refractivity contribution in [2.75, 3.05) is 13.7 Å². The van der Waals surface area contributed by atoms with Crippen molar-refractivity contribution in [3.63, 3.8) is 0 Å². The fourth-order valence-electron chi connectivity index (χ4n) is 3.57. The Morgan fingerprint density at radius 2 is 1.53 bits per heavy atom. The summed E-state index contributed by atoms with van der Waals surface area (Å²) in [5.74, 6) is 1.46. The zero-order valence-electron chi connectivity index (χ0n) is 22.2. The monoisotopic (exact) mass is 470 g/mol. The normalized spacial score (nSPS) is 13.9. The average Bonchev–Trinajstić information content (AvgIpc) is 2.76. The van der Waals surface area contributed by atoms with E-state index in [0.29, 0.717) is 18.6 Å². The number of methoxy groups -OCH3 is 1. The number of carbonyl (C=O) groups is 1. The molecule has 5 heteroatoms. The third-order valence-corrected chi connectivity index (χ3v) is 6.43. The summed E-state index contributed by atoms with van der Waals surface area (Å²) in [4.78, 5) is 11.6. The van der Waals surface area contributed by atoms with Crippen LogP contribution in [0, 0.1) is 5.92 Å². The van der Waals surface area contributed by atoms with Crippen molar-refractivity contribution in [2.24, 2.45) is 5.92 Å². The van der Waals surface area contributed by atoms with Gasteiger partial charge in [-0.05, 0) is 102 Å². The molecular weight excluding hydrogens is 428 g/mol. The fourth-order valence-corrected chi connectivity index (χ4v) is 3.57. The summed E-state index contributed by atoms with van der Waals surface area (Å²) in [5.41, 5.74) is -0.313. The molecular formula is C29H42O5. The number of carbonyl (C=O) groups excluding carboxylic acids is 1. The molecule has 0 amide bonds. The molecule has 2 aromatic carbocycles. The van der Waals surface area contributed by atoms with E-state index in [0.717, 1.165) is 35.1 Å². The quantitative estimate of drug-likeness (QED) is 0.230. The lowest BCUT2D eigenvalue weighted by atomic mass is 9.90. The Morgan fingerprint density at radius 1 is 0.941 bits per heavy atom. The number of hydrogen-bond donors (Lipinski definition) is 0. The van der Waals surface area contributed by atoms with Crippen molar-refractivity contribution < 1.29 is 23.7 Å². The van der Waals surface area contributed by atoms with E-state index in [9.17, 15) is 4.79 Å². The molecule has 0 heterocycles. The van der Waals surface area contributed by atoms with Crippen molar-refractivity contribution in [1.29, 1.82) is 0 Å². The van der Waals surface area contributed by atoms with Gasteiger partial charge in [0.2, 0.25) is 0 Å². The van der Waals surface area contributed by atoms with Gasteiger partial charge in [0.05, 0.1) is 12.7 Å². The molecule has 2 unspecified atom stereocenters. The molecule has 0 spiro atoms. The maximum Gasteiger partial charge on any atom is 0.333 e. The molecule has 0 aliphatic heterocycles. The maximum absolute atomic E-state index is 11.6. The summed E-state index contributed by atoms with van der Waals surface area (Å²) >= 11 is 0. The van der Waals surface area contributed by atoms with Gasteiger partial charge in [0.1, 0.15) is 22.7 Å². The van der Waals surface area contributed by atoms with Gasteiger partial charge in [0.15, 0.2) is 0 Å². The van der Waals surface area contributed by atoms with Crippen LogP contribution in [0.15, 0.2) is 48.6 Å². The van der Waals surface area contributed by atoms with Crippen LogP contribution in [0.4, 0.5) is 0 Å². The van der Waals surface area contributed by atoms with E-state index in [1.807, 2.05) is 12.1 Å². The van der Waals surface area contributed by atoms with Crippen molar-refractivity contribution >= 4 is 16.7 Å². The highest BCUT2D eigenvalue weighted by molar-refractivity contribution is 5.87. The molecule has 0 aromatic heterocycles. The average molecular weight is 471 g/mol. The lowest BCUT2D eigenvalue weighted by molar-refractivity contribution is -0.139. The molecule has 2 rings (SSSR count). The first-order valence-corrected chi connectivity index (χ1v) is 12.1. The number of fused-ring (bicyclic) bond motifs is 1. The van der Waals surface area contributed by atoms with E-state index < -0.39 is 5.60 Å². The molecule has 2 atom stereocenters. The first-order chi connectivity index (χ1) is 15.8. The van der Waals surface area contributed by atoms with Crippen LogP contribution in [-0.2, 0) is 14.3 Å². The molecule has 188 valence electrons. The van der Waals surface area contributed by atoms with E-state index in [-0.39, 0.29) is 23.6 Å². The van der Waals surface area contributed by atoms with Crippen LogP contribution < -0.4 is 9.47 Å². The zero-order valence-corrected chi connectivity index (χ0v) is 22.2. The Morgan fingerprint density at radius 3 is 2.09 bits per heavy atom. The molecule has 2 aromatic rings. The van der Waals surface area contributed by atoms with Gasteiger partial charge < -0.3 is 18.9 Å². The second-order valence-electron chi connectivity index (χ2n) is 10.4. The zero-order chi connectivity index (χ0) is 25.5. The Bertz CT molecular complexity index is 976. The number of benzene rings is 2. The second-order valence-corrected chi connectivity index (χ2v) is 10.4. The predicted octanol–water partition coefficient (Wildman–Crippen LogP) is 7.12.